The van der Waals surface area contributed by atoms with Crippen LogP contribution in [0.25, 0.3) is 0 Å². The fraction of sp³-hybridized carbons (Fsp3) is 0.724. The molecule has 1 amide bonds. The van der Waals surface area contributed by atoms with E-state index in [1.165, 1.54) is 0 Å². The van der Waals surface area contributed by atoms with Gasteiger partial charge < -0.3 is 19.5 Å². The van der Waals surface area contributed by atoms with Crippen LogP contribution >= 0.6 is 0 Å². The second kappa shape index (κ2) is 8.79. The zero-order chi connectivity index (χ0) is 27.3. The molecule has 0 bridgehead atoms. The van der Waals surface area contributed by atoms with E-state index in [2.05, 4.69) is 33.0 Å². The highest BCUT2D eigenvalue weighted by Gasteiger charge is 2.82. The van der Waals surface area contributed by atoms with Crippen molar-refractivity contribution in [2.75, 3.05) is 0 Å². The molecular formula is C29H47NO5. The number of rotatable bonds is 5. The maximum Gasteiger partial charge on any atom is 0.408 e. The lowest BCUT2D eigenvalue weighted by Crippen LogP contribution is -2.74. The van der Waals surface area contributed by atoms with Crippen molar-refractivity contribution in [2.45, 2.75) is 119 Å². The van der Waals surface area contributed by atoms with E-state index in [-0.39, 0.29) is 6.61 Å². The number of ether oxygens (including phenoxy) is 3. The van der Waals surface area contributed by atoms with E-state index < -0.39 is 50.6 Å². The summed E-state index contributed by atoms with van der Waals surface area (Å²) in [6.45, 7) is 25.5. The molecule has 0 radical (unpaired) electrons. The molecule has 0 aromatic heterocycles. The molecule has 6 heteroatoms. The summed E-state index contributed by atoms with van der Waals surface area (Å²) in [5.74, 6) is -0.532. The van der Waals surface area contributed by atoms with Crippen LogP contribution < -0.4 is 5.32 Å². The molecule has 1 aliphatic carbocycles. The number of carbonyl (C=O) groups excluding carboxylic acids is 2. The molecule has 0 spiro atoms. The third kappa shape index (κ3) is 4.71. The van der Waals surface area contributed by atoms with Crippen molar-refractivity contribution in [1.29, 1.82) is 0 Å². The minimum absolute atomic E-state index is 0.271. The van der Waals surface area contributed by atoms with Crippen LogP contribution in [0.4, 0.5) is 4.79 Å². The normalized spacial score (nSPS) is 27.2. The summed E-state index contributed by atoms with van der Waals surface area (Å²) in [6, 6.07) is 9.83. The average Bonchev–Trinajstić information content (AvgIpc) is 2.73. The second-order valence-electron chi connectivity index (χ2n) is 13.6. The van der Waals surface area contributed by atoms with Gasteiger partial charge in [-0.1, -0.05) is 71.9 Å². The third-order valence-electron chi connectivity index (χ3n) is 8.73. The van der Waals surface area contributed by atoms with Crippen LogP contribution in [0.5, 0.6) is 0 Å². The monoisotopic (exact) mass is 489 g/mol. The van der Waals surface area contributed by atoms with Gasteiger partial charge in [0.05, 0.1) is 6.61 Å². The second-order valence-corrected chi connectivity index (χ2v) is 13.6. The Hall–Kier alpha value is -2.08. The van der Waals surface area contributed by atoms with Gasteiger partial charge in [0.2, 0.25) is 0 Å². The Morgan fingerprint density at radius 1 is 0.743 bits per heavy atom. The van der Waals surface area contributed by atoms with Gasteiger partial charge in [0, 0.05) is 10.8 Å². The Balaban J connectivity index is 2.80. The molecule has 0 heterocycles. The van der Waals surface area contributed by atoms with Gasteiger partial charge in [-0.25, -0.2) is 9.59 Å². The molecule has 1 aromatic rings. The zero-order valence-corrected chi connectivity index (χ0v) is 24.1. The van der Waals surface area contributed by atoms with E-state index >= 15 is 0 Å². The van der Waals surface area contributed by atoms with Crippen molar-refractivity contribution in [3.05, 3.63) is 35.9 Å². The molecule has 2 atom stereocenters. The Morgan fingerprint density at radius 3 is 1.69 bits per heavy atom. The van der Waals surface area contributed by atoms with Gasteiger partial charge in [0.15, 0.2) is 5.54 Å². The summed E-state index contributed by atoms with van der Waals surface area (Å²) in [6.07, 6.45) is -0.681. The number of benzene rings is 1. The van der Waals surface area contributed by atoms with Gasteiger partial charge >= 0.3 is 12.1 Å². The van der Waals surface area contributed by atoms with Crippen LogP contribution in [0, 0.1) is 16.2 Å². The molecule has 35 heavy (non-hydrogen) atoms. The topological polar surface area (TPSA) is 73.9 Å². The zero-order valence-electron chi connectivity index (χ0n) is 24.1. The number of hydrogen-bond donors (Lipinski definition) is 1. The molecule has 1 N–H and O–H groups in total. The van der Waals surface area contributed by atoms with Gasteiger partial charge in [-0.3, -0.25) is 0 Å². The Kier molecular flexibility index (Phi) is 7.32. The summed E-state index contributed by atoms with van der Waals surface area (Å²) < 4.78 is 18.5. The van der Waals surface area contributed by atoms with E-state index in [4.69, 9.17) is 14.2 Å². The van der Waals surface area contributed by atoms with Crippen LogP contribution in [0.3, 0.4) is 0 Å². The fourth-order valence-electron chi connectivity index (χ4n) is 5.59. The van der Waals surface area contributed by atoms with Gasteiger partial charge in [-0.2, -0.15) is 0 Å². The number of carbonyl (C=O) groups is 2. The van der Waals surface area contributed by atoms with Crippen molar-refractivity contribution >= 4 is 12.1 Å². The smallest absolute Gasteiger partial charge is 0.408 e. The van der Waals surface area contributed by atoms with Gasteiger partial charge in [0.25, 0.3) is 0 Å². The quantitative estimate of drug-likeness (QED) is 0.468. The molecule has 0 aliphatic heterocycles. The Labute approximate surface area is 212 Å². The van der Waals surface area contributed by atoms with Crippen LogP contribution in [0.15, 0.2) is 30.3 Å². The van der Waals surface area contributed by atoms with Crippen molar-refractivity contribution < 1.29 is 23.8 Å². The lowest BCUT2D eigenvalue weighted by molar-refractivity contribution is -0.197. The van der Waals surface area contributed by atoms with E-state index in [1.807, 2.05) is 71.9 Å². The van der Waals surface area contributed by atoms with Crippen molar-refractivity contribution in [1.82, 2.24) is 5.32 Å². The average molecular weight is 490 g/mol. The maximum absolute atomic E-state index is 14.3. The molecule has 1 fully saturated rings. The number of hydrogen-bond acceptors (Lipinski definition) is 5. The van der Waals surface area contributed by atoms with Crippen LogP contribution in [0.1, 0.15) is 95.6 Å². The first kappa shape index (κ1) is 29.2. The van der Waals surface area contributed by atoms with Crippen molar-refractivity contribution in [3.8, 4) is 0 Å². The number of esters is 1. The molecule has 2 rings (SSSR count). The number of amides is 1. The van der Waals surface area contributed by atoms with E-state index in [0.717, 1.165) is 5.56 Å². The highest BCUT2D eigenvalue weighted by molar-refractivity contribution is 5.90. The Morgan fingerprint density at radius 2 is 1.23 bits per heavy atom. The van der Waals surface area contributed by atoms with Crippen LogP contribution in [-0.4, -0.2) is 34.4 Å². The highest BCUT2D eigenvalue weighted by Crippen LogP contribution is 2.72. The molecule has 0 saturated heterocycles. The highest BCUT2D eigenvalue weighted by atomic mass is 16.6. The summed E-state index contributed by atoms with van der Waals surface area (Å²) in [4.78, 5) is 27.7. The van der Waals surface area contributed by atoms with E-state index in [9.17, 15) is 9.59 Å². The third-order valence-corrected chi connectivity index (χ3v) is 8.73. The predicted molar refractivity (Wildman–Crippen MR) is 139 cm³/mol. The molecule has 1 saturated carbocycles. The molecular weight excluding hydrogens is 442 g/mol. The minimum Gasteiger partial charge on any atom is -0.458 e. The predicted octanol–water partition coefficient (Wildman–Crippen LogP) is 6.66. The maximum atomic E-state index is 14.3. The van der Waals surface area contributed by atoms with Crippen LogP contribution in [-0.2, 0) is 25.6 Å². The summed E-state index contributed by atoms with van der Waals surface area (Å²) in [5.41, 5.74) is -5.11. The van der Waals surface area contributed by atoms with E-state index in [1.54, 1.807) is 20.8 Å². The lowest BCUT2D eigenvalue weighted by Gasteiger charge is -2.51. The summed E-state index contributed by atoms with van der Waals surface area (Å²) in [7, 11) is 0. The number of nitrogens with one attached hydrogen (secondary N) is 1. The Bertz CT molecular complexity index is 936. The molecule has 198 valence electrons. The summed E-state index contributed by atoms with van der Waals surface area (Å²) >= 11 is 0. The minimum atomic E-state index is -1.56. The molecule has 1 aromatic carbocycles. The largest absolute Gasteiger partial charge is 0.458 e. The standard InChI is InChI=1S/C29H47NO5/c1-23(2,3)34-21(31)29(30-22(32)35-24(4,5)6)27(11,12)25(7,8)26(9,10)28(29,13)33-19-20-17-15-14-16-18-20/h14-18H,19H2,1-13H3,(H,30,32)/t28?,29-/m0/s1. The molecule has 1 unspecified atom stereocenters. The first-order valence-electron chi connectivity index (χ1n) is 12.5. The fourth-order valence-corrected chi connectivity index (χ4v) is 5.59. The molecule has 6 nitrogen and oxygen atoms in total. The molecule has 1 aliphatic rings. The van der Waals surface area contributed by atoms with Gasteiger partial charge in [0.1, 0.15) is 16.8 Å². The van der Waals surface area contributed by atoms with E-state index in [0.29, 0.717) is 0 Å². The lowest BCUT2D eigenvalue weighted by atomic mass is 9.58. The van der Waals surface area contributed by atoms with Gasteiger partial charge in [-0.05, 0) is 59.4 Å². The first-order valence-corrected chi connectivity index (χ1v) is 12.5. The summed E-state index contributed by atoms with van der Waals surface area (Å²) in [5, 5.41) is 3.04. The SMILES string of the molecule is CC(C)(C)OC(=O)N[C@@]1(C(=O)OC(C)(C)C)C(C)(C)C(C)(C)C(C)(C)C1(C)OCc1ccccc1. The van der Waals surface area contributed by atoms with Crippen molar-refractivity contribution in [2.24, 2.45) is 16.2 Å². The van der Waals surface area contributed by atoms with Gasteiger partial charge in [-0.15, -0.1) is 0 Å². The first-order chi connectivity index (χ1) is 15.6. The number of alkyl carbamates (subject to hydrolysis) is 1. The van der Waals surface area contributed by atoms with Crippen molar-refractivity contribution in [3.63, 3.8) is 0 Å². The van der Waals surface area contributed by atoms with Crippen LogP contribution in [0.2, 0.25) is 0 Å².